The summed E-state index contributed by atoms with van der Waals surface area (Å²) in [5.41, 5.74) is 0. The Labute approximate surface area is 135 Å². The van der Waals surface area contributed by atoms with Crippen LogP contribution in [0.3, 0.4) is 0 Å². The van der Waals surface area contributed by atoms with Crippen molar-refractivity contribution in [3.05, 3.63) is 12.7 Å². The third-order valence-electron chi connectivity index (χ3n) is 4.23. The lowest BCUT2D eigenvalue weighted by Crippen LogP contribution is -2.50. The molecule has 4 unspecified atom stereocenters. The topological polar surface area (TPSA) is 110 Å². The van der Waals surface area contributed by atoms with Crippen LogP contribution in [0.25, 0.3) is 0 Å². The Hall–Kier alpha value is -1.89. The first-order valence-corrected chi connectivity index (χ1v) is 7.76. The molecule has 1 aliphatic rings. The number of carboxylic acids is 1. The molecule has 0 radical (unpaired) electrons. The van der Waals surface area contributed by atoms with Crippen LogP contribution >= 0.6 is 0 Å². The lowest BCUT2D eigenvalue weighted by molar-refractivity contribution is -0.260. The molecule has 23 heavy (non-hydrogen) atoms. The number of aliphatic carboxylic acids is 1. The van der Waals surface area contributed by atoms with Gasteiger partial charge in [-0.3, -0.25) is 9.59 Å². The van der Waals surface area contributed by atoms with E-state index in [1.807, 2.05) is 0 Å². The zero-order chi connectivity index (χ0) is 17.6. The Morgan fingerprint density at radius 1 is 1.26 bits per heavy atom. The van der Waals surface area contributed by atoms with E-state index in [0.29, 0.717) is 12.8 Å². The quantitative estimate of drug-likeness (QED) is 0.415. The number of aliphatic hydroxyl groups is 1. The molecule has 2 N–H and O–H groups in total. The number of esters is 2. The first-order chi connectivity index (χ1) is 10.8. The molecule has 0 saturated heterocycles. The highest BCUT2D eigenvalue weighted by Gasteiger charge is 2.45. The highest BCUT2D eigenvalue weighted by molar-refractivity contribution is 5.83. The summed E-state index contributed by atoms with van der Waals surface area (Å²) in [5, 5.41) is 19.2. The standard InChI is InChI=1S/C16H24O7/c1-4-13(18)22-16(5-2,10(3)17)23-15(21)12-9-7-6-8-11(12)14(19)20/h4,10-12,17H,1,5-9H2,2-3H3,(H,19,20). The zero-order valence-electron chi connectivity index (χ0n) is 13.5. The van der Waals surface area contributed by atoms with Gasteiger partial charge in [0, 0.05) is 12.5 Å². The summed E-state index contributed by atoms with van der Waals surface area (Å²) in [6, 6.07) is 0. The molecule has 4 atom stereocenters. The van der Waals surface area contributed by atoms with E-state index in [4.69, 9.17) is 9.47 Å². The molecule has 0 heterocycles. The Morgan fingerprint density at radius 2 is 1.83 bits per heavy atom. The van der Waals surface area contributed by atoms with Gasteiger partial charge in [-0.05, 0) is 19.8 Å². The van der Waals surface area contributed by atoms with Gasteiger partial charge in [-0.15, -0.1) is 0 Å². The second-order valence-electron chi connectivity index (χ2n) is 5.72. The molecule has 1 aliphatic carbocycles. The Bertz CT molecular complexity index is 471. The van der Waals surface area contributed by atoms with Crippen LogP contribution in [0, 0.1) is 11.8 Å². The van der Waals surface area contributed by atoms with Crippen molar-refractivity contribution in [3.63, 3.8) is 0 Å². The van der Waals surface area contributed by atoms with Crippen molar-refractivity contribution in [1.82, 2.24) is 0 Å². The minimum Gasteiger partial charge on any atom is -0.481 e. The molecule has 0 spiro atoms. The molecule has 1 fully saturated rings. The van der Waals surface area contributed by atoms with Gasteiger partial charge in [0.25, 0.3) is 5.79 Å². The average Bonchev–Trinajstić information content (AvgIpc) is 2.53. The second-order valence-corrected chi connectivity index (χ2v) is 5.72. The maximum Gasteiger partial charge on any atom is 0.333 e. The van der Waals surface area contributed by atoms with Crippen molar-refractivity contribution in [2.24, 2.45) is 11.8 Å². The third kappa shape index (κ3) is 4.54. The largest absolute Gasteiger partial charge is 0.481 e. The molecule has 0 aliphatic heterocycles. The van der Waals surface area contributed by atoms with Gasteiger partial charge in [-0.25, -0.2) is 4.79 Å². The fraction of sp³-hybridized carbons (Fsp3) is 0.688. The SMILES string of the molecule is C=CC(=O)OC(CC)(OC(=O)C1CCCCC1C(=O)O)C(C)O. The number of aliphatic hydroxyl groups excluding tert-OH is 1. The molecule has 1 saturated carbocycles. The van der Waals surface area contributed by atoms with Crippen LogP contribution in [0.15, 0.2) is 12.7 Å². The summed E-state index contributed by atoms with van der Waals surface area (Å²) in [6.07, 6.45) is 1.92. The molecular weight excluding hydrogens is 304 g/mol. The van der Waals surface area contributed by atoms with Crippen molar-refractivity contribution < 1.29 is 34.1 Å². The number of rotatable bonds is 7. The smallest absolute Gasteiger partial charge is 0.333 e. The monoisotopic (exact) mass is 328 g/mol. The number of carbonyl (C=O) groups excluding carboxylic acids is 2. The lowest BCUT2D eigenvalue weighted by Gasteiger charge is -2.36. The Morgan fingerprint density at radius 3 is 2.26 bits per heavy atom. The van der Waals surface area contributed by atoms with Crippen LogP contribution in [-0.2, 0) is 23.9 Å². The molecule has 1 rings (SSSR count). The van der Waals surface area contributed by atoms with E-state index >= 15 is 0 Å². The number of carbonyl (C=O) groups is 3. The molecule has 0 aromatic rings. The van der Waals surface area contributed by atoms with E-state index in [2.05, 4.69) is 6.58 Å². The predicted molar refractivity (Wildman–Crippen MR) is 80.2 cm³/mol. The van der Waals surface area contributed by atoms with E-state index in [1.165, 1.54) is 6.92 Å². The van der Waals surface area contributed by atoms with Crippen molar-refractivity contribution in [3.8, 4) is 0 Å². The molecule has 0 aromatic carbocycles. The summed E-state index contributed by atoms with van der Waals surface area (Å²) in [7, 11) is 0. The van der Waals surface area contributed by atoms with E-state index in [1.54, 1.807) is 6.92 Å². The van der Waals surface area contributed by atoms with Gasteiger partial charge in [-0.2, -0.15) is 0 Å². The van der Waals surface area contributed by atoms with E-state index in [-0.39, 0.29) is 6.42 Å². The second kappa shape index (κ2) is 8.10. The van der Waals surface area contributed by atoms with Crippen LogP contribution in [-0.4, -0.2) is 40.0 Å². The van der Waals surface area contributed by atoms with Crippen molar-refractivity contribution in [2.75, 3.05) is 0 Å². The van der Waals surface area contributed by atoms with E-state index in [9.17, 15) is 24.6 Å². The minimum atomic E-state index is -1.84. The molecule has 7 nitrogen and oxygen atoms in total. The highest BCUT2D eigenvalue weighted by Crippen LogP contribution is 2.34. The van der Waals surface area contributed by atoms with Gasteiger partial charge >= 0.3 is 17.9 Å². The molecule has 0 bridgehead atoms. The van der Waals surface area contributed by atoms with Gasteiger partial charge < -0.3 is 19.7 Å². The van der Waals surface area contributed by atoms with Crippen molar-refractivity contribution in [1.29, 1.82) is 0 Å². The first kappa shape index (κ1) is 19.2. The van der Waals surface area contributed by atoms with Gasteiger partial charge in [0.2, 0.25) is 0 Å². The minimum absolute atomic E-state index is 0.0282. The number of ether oxygens (including phenoxy) is 2. The van der Waals surface area contributed by atoms with E-state index in [0.717, 1.165) is 18.9 Å². The van der Waals surface area contributed by atoms with Crippen molar-refractivity contribution in [2.45, 2.75) is 57.8 Å². The molecule has 0 amide bonds. The van der Waals surface area contributed by atoms with Crippen LogP contribution in [0.4, 0.5) is 0 Å². The maximum atomic E-state index is 12.4. The summed E-state index contributed by atoms with van der Waals surface area (Å²) in [5.74, 6) is -6.13. The van der Waals surface area contributed by atoms with Gasteiger partial charge in [0.1, 0.15) is 6.10 Å². The maximum absolute atomic E-state index is 12.4. The summed E-state index contributed by atoms with van der Waals surface area (Å²) in [4.78, 5) is 35.2. The van der Waals surface area contributed by atoms with Crippen LogP contribution in [0.5, 0.6) is 0 Å². The number of carboxylic acid groups (broad SMARTS) is 1. The predicted octanol–water partition coefficient (Wildman–Crippen LogP) is 1.64. The fourth-order valence-electron chi connectivity index (χ4n) is 2.80. The number of hydrogen-bond donors (Lipinski definition) is 2. The van der Waals surface area contributed by atoms with Gasteiger partial charge in [0.05, 0.1) is 11.8 Å². The molecule has 0 aromatic heterocycles. The van der Waals surface area contributed by atoms with Gasteiger partial charge in [0.15, 0.2) is 0 Å². The molecular formula is C16H24O7. The summed E-state index contributed by atoms with van der Waals surface area (Å²) >= 11 is 0. The van der Waals surface area contributed by atoms with Crippen molar-refractivity contribution >= 4 is 17.9 Å². The van der Waals surface area contributed by atoms with Crippen LogP contribution < -0.4 is 0 Å². The first-order valence-electron chi connectivity index (χ1n) is 7.76. The Kier molecular flexibility index (Phi) is 6.75. The van der Waals surface area contributed by atoms with E-state index < -0.39 is 41.6 Å². The summed E-state index contributed by atoms with van der Waals surface area (Å²) < 4.78 is 10.4. The average molecular weight is 328 g/mol. The van der Waals surface area contributed by atoms with Crippen LogP contribution in [0.2, 0.25) is 0 Å². The lowest BCUT2D eigenvalue weighted by atomic mass is 9.79. The Balaban J connectivity index is 2.97. The molecule has 130 valence electrons. The van der Waals surface area contributed by atoms with Gasteiger partial charge in [-0.1, -0.05) is 26.3 Å². The third-order valence-corrected chi connectivity index (χ3v) is 4.23. The molecule has 7 heteroatoms. The summed E-state index contributed by atoms with van der Waals surface area (Å²) in [6.45, 7) is 6.19. The highest BCUT2D eigenvalue weighted by atomic mass is 16.7. The zero-order valence-corrected chi connectivity index (χ0v) is 13.5. The van der Waals surface area contributed by atoms with Crippen LogP contribution in [0.1, 0.15) is 46.0 Å². The fourth-order valence-corrected chi connectivity index (χ4v) is 2.80. The number of hydrogen-bond acceptors (Lipinski definition) is 6. The normalized spacial score (nSPS) is 24.8.